The molecule has 224 valence electrons. The first-order valence-corrected chi connectivity index (χ1v) is 14.2. The van der Waals surface area contributed by atoms with Crippen LogP contribution in [0.1, 0.15) is 45.3 Å². The van der Waals surface area contributed by atoms with Gasteiger partial charge in [0.05, 0.1) is 51.4 Å². The summed E-state index contributed by atoms with van der Waals surface area (Å²) in [6.07, 6.45) is 8.12. The van der Waals surface area contributed by atoms with Gasteiger partial charge in [0, 0.05) is 31.0 Å². The van der Waals surface area contributed by atoms with E-state index in [0.29, 0.717) is 74.0 Å². The third-order valence-electron chi connectivity index (χ3n) is 6.78. The van der Waals surface area contributed by atoms with Crippen molar-refractivity contribution in [3.63, 3.8) is 0 Å². The average Bonchev–Trinajstić information content (AvgIpc) is 3.69. The molecule has 43 heavy (non-hydrogen) atoms. The van der Waals surface area contributed by atoms with Gasteiger partial charge >= 0.3 is 12.6 Å². The summed E-state index contributed by atoms with van der Waals surface area (Å²) in [6, 6.07) is 3.40. The SMILES string of the molecule is CC(C)(C)OC(=O)N1CC=C(c2cn3c(-c4cnn(C(F)F)c4)cnc3c(NCc3nc4cc(Cl)c(Cl)cc4[nH]3)n2)CC1. The minimum atomic E-state index is -2.77. The molecule has 11 nitrogen and oxygen atoms in total. The molecule has 6 rings (SSSR count). The Morgan fingerprint density at radius 3 is 2.65 bits per heavy atom. The second-order valence-corrected chi connectivity index (χ2v) is 11.8. The monoisotopic (exact) mass is 629 g/mol. The molecule has 0 unspecified atom stereocenters. The lowest BCUT2D eigenvalue weighted by Gasteiger charge is -2.29. The van der Waals surface area contributed by atoms with Crippen LogP contribution in [-0.2, 0) is 11.3 Å². The van der Waals surface area contributed by atoms with Crippen LogP contribution < -0.4 is 5.32 Å². The predicted molar refractivity (Wildman–Crippen MR) is 159 cm³/mol. The Balaban J connectivity index is 1.34. The van der Waals surface area contributed by atoms with Crippen LogP contribution in [0.3, 0.4) is 0 Å². The number of nitrogens with one attached hydrogen (secondary N) is 2. The molecule has 0 radical (unpaired) electrons. The van der Waals surface area contributed by atoms with Gasteiger partial charge in [-0.25, -0.2) is 24.4 Å². The molecule has 0 atom stereocenters. The number of alkyl halides is 2. The van der Waals surface area contributed by atoms with Gasteiger partial charge in [-0.1, -0.05) is 29.3 Å². The first kappa shape index (κ1) is 28.9. The number of hydrogen-bond donors (Lipinski definition) is 2. The molecule has 15 heteroatoms. The molecular weight excluding hydrogens is 603 g/mol. The van der Waals surface area contributed by atoms with Gasteiger partial charge in [0.2, 0.25) is 0 Å². The zero-order valence-electron chi connectivity index (χ0n) is 23.4. The van der Waals surface area contributed by atoms with Crippen molar-refractivity contribution in [2.75, 3.05) is 18.4 Å². The van der Waals surface area contributed by atoms with Gasteiger partial charge in [-0.15, -0.1) is 0 Å². The summed E-state index contributed by atoms with van der Waals surface area (Å²) in [5.74, 6) is 1.07. The molecule has 2 N–H and O–H groups in total. The Morgan fingerprint density at radius 1 is 1.16 bits per heavy atom. The van der Waals surface area contributed by atoms with Crippen molar-refractivity contribution in [2.45, 2.75) is 45.9 Å². The maximum absolute atomic E-state index is 13.3. The molecular formula is C28H27Cl2F2N9O2. The Labute approximate surface area is 254 Å². The number of ether oxygens (including phenoxy) is 1. The summed E-state index contributed by atoms with van der Waals surface area (Å²) in [5.41, 5.74) is 3.88. The largest absolute Gasteiger partial charge is 0.444 e. The van der Waals surface area contributed by atoms with E-state index < -0.39 is 12.2 Å². The van der Waals surface area contributed by atoms with Crippen LogP contribution in [0.2, 0.25) is 10.0 Å². The van der Waals surface area contributed by atoms with Gasteiger partial charge in [0.15, 0.2) is 11.5 Å². The highest BCUT2D eigenvalue weighted by Crippen LogP contribution is 2.30. The fraction of sp³-hybridized carbons (Fsp3) is 0.321. The Bertz CT molecular complexity index is 1830. The maximum Gasteiger partial charge on any atom is 0.410 e. The fourth-order valence-corrected chi connectivity index (χ4v) is 5.08. The number of fused-ring (bicyclic) bond motifs is 2. The zero-order valence-corrected chi connectivity index (χ0v) is 24.9. The molecule has 0 fully saturated rings. The van der Waals surface area contributed by atoms with Crippen molar-refractivity contribution in [1.82, 2.24) is 39.0 Å². The summed E-state index contributed by atoms with van der Waals surface area (Å²) < 4.78 is 34.4. The first-order valence-electron chi connectivity index (χ1n) is 13.4. The van der Waals surface area contributed by atoms with Crippen LogP contribution in [0.5, 0.6) is 0 Å². The van der Waals surface area contributed by atoms with E-state index in [0.717, 1.165) is 11.1 Å². The van der Waals surface area contributed by atoms with Crippen LogP contribution >= 0.6 is 23.2 Å². The molecule has 4 aromatic heterocycles. The number of anilines is 1. The van der Waals surface area contributed by atoms with Crippen molar-refractivity contribution in [3.05, 3.63) is 64.6 Å². The van der Waals surface area contributed by atoms with Crippen molar-refractivity contribution >= 4 is 57.4 Å². The van der Waals surface area contributed by atoms with Gasteiger partial charge in [0.25, 0.3) is 0 Å². The minimum absolute atomic E-state index is 0.271. The van der Waals surface area contributed by atoms with Crippen molar-refractivity contribution in [3.8, 4) is 11.3 Å². The third kappa shape index (κ3) is 6.00. The molecule has 1 amide bonds. The van der Waals surface area contributed by atoms with E-state index in [1.807, 2.05) is 33.0 Å². The molecule has 1 aliphatic rings. The Kier molecular flexibility index (Phi) is 7.46. The van der Waals surface area contributed by atoms with E-state index in [2.05, 4.69) is 25.4 Å². The highest BCUT2D eigenvalue weighted by Gasteiger charge is 2.25. The first-order chi connectivity index (χ1) is 20.4. The minimum Gasteiger partial charge on any atom is -0.444 e. The number of carbonyl (C=O) groups is 1. The number of benzene rings is 1. The summed E-state index contributed by atoms with van der Waals surface area (Å²) in [7, 11) is 0. The van der Waals surface area contributed by atoms with Crippen LogP contribution in [0.4, 0.5) is 19.4 Å². The lowest BCUT2D eigenvalue weighted by atomic mass is 10.1. The maximum atomic E-state index is 13.3. The third-order valence-corrected chi connectivity index (χ3v) is 7.50. The summed E-state index contributed by atoms with van der Waals surface area (Å²) >= 11 is 12.3. The second kappa shape index (κ2) is 11.1. The molecule has 0 saturated carbocycles. The molecule has 0 bridgehead atoms. The number of rotatable bonds is 6. The van der Waals surface area contributed by atoms with Gasteiger partial charge in [-0.2, -0.15) is 13.9 Å². The highest BCUT2D eigenvalue weighted by molar-refractivity contribution is 6.42. The number of H-pyrrole nitrogens is 1. The number of aromatic amines is 1. The summed E-state index contributed by atoms with van der Waals surface area (Å²) in [6.45, 7) is 3.79. The topological polar surface area (TPSA) is 118 Å². The highest BCUT2D eigenvalue weighted by atomic mass is 35.5. The second-order valence-electron chi connectivity index (χ2n) is 11.0. The smallest absolute Gasteiger partial charge is 0.410 e. The van der Waals surface area contributed by atoms with Gasteiger partial charge in [-0.3, -0.25) is 4.40 Å². The molecule has 5 heterocycles. The molecule has 1 aliphatic heterocycles. The fourth-order valence-electron chi connectivity index (χ4n) is 4.76. The molecule has 0 spiro atoms. The Hall–Kier alpha value is -4.23. The van der Waals surface area contributed by atoms with E-state index in [1.54, 1.807) is 27.6 Å². The number of imidazole rings is 2. The van der Waals surface area contributed by atoms with Gasteiger partial charge < -0.3 is 19.9 Å². The van der Waals surface area contributed by atoms with E-state index in [-0.39, 0.29) is 12.6 Å². The number of amides is 1. The standard InChI is InChI=1S/C28H27Cl2F2N9O2/c1-28(2,3)43-27(42)39-6-4-15(5-7-39)21-14-40-22(16-10-35-41(13-16)26(31)32)11-34-25(40)24(38-21)33-12-23-36-19-8-17(29)18(30)9-20(19)37-23/h4,8-11,13-14,26H,5-7,12H2,1-3H3,(H,33,38)(H,36,37). The number of aromatic nitrogens is 7. The van der Waals surface area contributed by atoms with Crippen molar-refractivity contribution in [2.24, 2.45) is 0 Å². The lowest BCUT2D eigenvalue weighted by molar-refractivity contribution is 0.0270. The van der Waals surface area contributed by atoms with E-state index in [1.165, 1.54) is 12.4 Å². The zero-order chi connectivity index (χ0) is 30.5. The molecule has 1 aromatic carbocycles. The lowest BCUT2D eigenvalue weighted by Crippen LogP contribution is -2.39. The number of halogens is 4. The van der Waals surface area contributed by atoms with E-state index in [9.17, 15) is 13.6 Å². The van der Waals surface area contributed by atoms with Gasteiger partial charge in [0.1, 0.15) is 11.4 Å². The van der Waals surface area contributed by atoms with Crippen molar-refractivity contribution in [1.29, 1.82) is 0 Å². The number of hydrogen-bond acceptors (Lipinski definition) is 7. The molecule has 0 aliphatic carbocycles. The quantitative estimate of drug-likeness (QED) is 0.212. The van der Waals surface area contributed by atoms with Gasteiger partial charge in [-0.05, 0) is 44.9 Å². The van der Waals surface area contributed by atoms with E-state index >= 15 is 0 Å². The normalized spacial score (nSPS) is 14.1. The number of nitrogens with zero attached hydrogens (tertiary/aromatic N) is 7. The molecule has 0 saturated heterocycles. The van der Waals surface area contributed by atoms with E-state index in [4.69, 9.17) is 32.9 Å². The van der Waals surface area contributed by atoms with Crippen LogP contribution in [0.15, 0.2) is 43.0 Å². The average molecular weight is 630 g/mol. The van der Waals surface area contributed by atoms with Crippen LogP contribution in [0.25, 0.3) is 33.5 Å². The Morgan fingerprint density at radius 2 is 1.95 bits per heavy atom. The van der Waals surface area contributed by atoms with Crippen LogP contribution in [-0.4, -0.2) is 63.8 Å². The van der Waals surface area contributed by atoms with Crippen LogP contribution in [0, 0.1) is 0 Å². The van der Waals surface area contributed by atoms with Crippen molar-refractivity contribution < 1.29 is 18.3 Å². The predicted octanol–water partition coefficient (Wildman–Crippen LogP) is 6.81. The summed E-state index contributed by atoms with van der Waals surface area (Å²) in [5, 5.41) is 7.90. The number of carbonyl (C=O) groups excluding carboxylic acids is 1. The molecule has 5 aromatic rings. The summed E-state index contributed by atoms with van der Waals surface area (Å²) in [4.78, 5) is 31.4.